The van der Waals surface area contributed by atoms with Gasteiger partial charge in [0, 0.05) is 6.08 Å². The lowest BCUT2D eigenvalue weighted by Crippen LogP contribution is -2.29. The maximum absolute atomic E-state index is 8.30. The number of hydrogen-bond donors (Lipinski definition) is 0. The van der Waals surface area contributed by atoms with Crippen molar-refractivity contribution in [2.45, 2.75) is 12.8 Å². The highest BCUT2D eigenvalue weighted by molar-refractivity contribution is 5.04. The van der Waals surface area contributed by atoms with Gasteiger partial charge in [-0.2, -0.15) is 5.26 Å². The summed E-state index contributed by atoms with van der Waals surface area (Å²) in [6.45, 7) is 2.33. The molecule has 1 fully saturated rings. The lowest BCUT2D eigenvalue weighted by atomic mass is 9.97. The molecule has 1 aliphatic heterocycles. The third-order valence-electron chi connectivity index (χ3n) is 2.21. The molecule has 1 saturated heterocycles. The molecule has 0 saturated carbocycles. The summed E-state index contributed by atoms with van der Waals surface area (Å²) < 4.78 is 0. The van der Waals surface area contributed by atoms with Crippen LogP contribution in [0.4, 0.5) is 0 Å². The first kappa shape index (κ1) is 8.29. The summed E-state index contributed by atoms with van der Waals surface area (Å²) in [5.41, 5.74) is 0. The lowest BCUT2D eigenvalue weighted by molar-refractivity contribution is 0.244. The van der Waals surface area contributed by atoms with Gasteiger partial charge in [0.25, 0.3) is 0 Å². The van der Waals surface area contributed by atoms with Crippen molar-refractivity contribution in [2.75, 3.05) is 20.1 Å². The molecule has 0 N–H and O–H groups in total. The minimum absolute atomic E-state index is 0.644. The summed E-state index contributed by atoms with van der Waals surface area (Å²) in [6, 6.07) is 2.03. The molecule has 0 unspecified atom stereocenters. The van der Waals surface area contributed by atoms with Gasteiger partial charge in [0.05, 0.1) is 6.07 Å². The average Bonchev–Trinajstić information content (AvgIpc) is 2.04. The Kier molecular flexibility index (Phi) is 3.13. The summed E-state index contributed by atoms with van der Waals surface area (Å²) in [7, 11) is 2.14. The minimum Gasteiger partial charge on any atom is -0.306 e. The van der Waals surface area contributed by atoms with E-state index in [4.69, 9.17) is 5.26 Å². The van der Waals surface area contributed by atoms with E-state index in [1.54, 1.807) is 6.08 Å². The van der Waals surface area contributed by atoms with Gasteiger partial charge in [-0.3, -0.25) is 0 Å². The second-order valence-electron chi connectivity index (χ2n) is 3.13. The van der Waals surface area contributed by atoms with Gasteiger partial charge in [-0.25, -0.2) is 0 Å². The highest BCUT2D eigenvalue weighted by Gasteiger charge is 2.13. The van der Waals surface area contributed by atoms with Gasteiger partial charge in [0.2, 0.25) is 0 Å². The summed E-state index contributed by atoms with van der Waals surface area (Å²) >= 11 is 0. The van der Waals surface area contributed by atoms with E-state index < -0.39 is 0 Å². The van der Waals surface area contributed by atoms with Crippen LogP contribution < -0.4 is 0 Å². The molecule has 1 heterocycles. The first-order chi connectivity index (χ1) is 5.33. The van der Waals surface area contributed by atoms with Crippen LogP contribution in [0.5, 0.6) is 0 Å². The third-order valence-corrected chi connectivity index (χ3v) is 2.21. The predicted octanol–water partition coefficient (Wildman–Crippen LogP) is 1.41. The monoisotopic (exact) mass is 150 g/mol. The van der Waals surface area contributed by atoms with Gasteiger partial charge >= 0.3 is 0 Å². The Morgan fingerprint density at radius 2 is 2.09 bits per heavy atom. The maximum Gasteiger partial charge on any atom is 0.0908 e. The fraction of sp³-hybridized carbons (Fsp3) is 0.667. The number of likely N-dealkylation sites (tertiary alicyclic amines) is 1. The molecule has 0 amide bonds. The number of nitriles is 1. The molecular formula is C9H14N2. The van der Waals surface area contributed by atoms with Gasteiger partial charge in [0.15, 0.2) is 0 Å². The van der Waals surface area contributed by atoms with Crippen LogP contribution in [0.15, 0.2) is 12.2 Å². The van der Waals surface area contributed by atoms with Crippen LogP contribution in [0.2, 0.25) is 0 Å². The van der Waals surface area contributed by atoms with Crippen molar-refractivity contribution < 1.29 is 0 Å². The van der Waals surface area contributed by atoms with Gasteiger partial charge in [-0.1, -0.05) is 6.08 Å². The quantitative estimate of drug-likeness (QED) is 0.528. The van der Waals surface area contributed by atoms with Crippen molar-refractivity contribution in [3.8, 4) is 6.07 Å². The number of piperidine rings is 1. The Morgan fingerprint density at radius 1 is 1.45 bits per heavy atom. The van der Waals surface area contributed by atoms with Crippen LogP contribution in [0, 0.1) is 17.2 Å². The first-order valence-corrected chi connectivity index (χ1v) is 4.08. The molecule has 0 atom stereocenters. The minimum atomic E-state index is 0.644. The zero-order valence-corrected chi connectivity index (χ0v) is 6.95. The van der Waals surface area contributed by atoms with Crippen molar-refractivity contribution in [2.24, 2.45) is 5.92 Å². The first-order valence-electron chi connectivity index (χ1n) is 4.08. The van der Waals surface area contributed by atoms with Crippen LogP contribution in [-0.4, -0.2) is 25.0 Å². The van der Waals surface area contributed by atoms with E-state index in [-0.39, 0.29) is 0 Å². The van der Waals surface area contributed by atoms with Crippen LogP contribution in [0.1, 0.15) is 12.8 Å². The molecule has 0 aromatic carbocycles. The summed E-state index contributed by atoms with van der Waals surface area (Å²) in [6.07, 6.45) is 6.05. The van der Waals surface area contributed by atoms with E-state index in [2.05, 4.69) is 11.9 Å². The van der Waals surface area contributed by atoms with Crippen LogP contribution >= 0.6 is 0 Å². The topological polar surface area (TPSA) is 27.0 Å². The zero-order chi connectivity index (χ0) is 8.10. The van der Waals surface area contributed by atoms with Crippen molar-refractivity contribution in [1.29, 1.82) is 5.26 Å². The van der Waals surface area contributed by atoms with E-state index in [9.17, 15) is 0 Å². The van der Waals surface area contributed by atoms with Crippen molar-refractivity contribution in [3.63, 3.8) is 0 Å². The molecule has 0 aromatic heterocycles. The standard InChI is InChI=1S/C9H14N2/c1-11-7-4-9(5-8-11)3-2-6-10/h2-3,9H,4-5,7-8H2,1H3. The Hall–Kier alpha value is -0.810. The molecule has 2 nitrogen and oxygen atoms in total. The fourth-order valence-electron chi connectivity index (χ4n) is 1.40. The molecule has 0 aliphatic carbocycles. The Balaban J connectivity index is 2.29. The summed E-state index contributed by atoms with van der Waals surface area (Å²) in [5, 5.41) is 8.30. The number of nitrogens with zero attached hydrogens (tertiary/aromatic N) is 2. The molecule has 60 valence electrons. The largest absolute Gasteiger partial charge is 0.306 e. The molecule has 1 aliphatic rings. The van der Waals surface area contributed by atoms with Gasteiger partial charge in [-0.05, 0) is 38.9 Å². The number of allylic oxidation sites excluding steroid dienone is 2. The summed E-state index contributed by atoms with van der Waals surface area (Å²) in [5.74, 6) is 0.644. The highest BCUT2D eigenvalue weighted by atomic mass is 15.1. The van der Waals surface area contributed by atoms with Gasteiger partial charge < -0.3 is 4.90 Å². The van der Waals surface area contributed by atoms with Crippen LogP contribution in [-0.2, 0) is 0 Å². The van der Waals surface area contributed by atoms with Gasteiger partial charge in [0.1, 0.15) is 0 Å². The third kappa shape index (κ3) is 2.73. The predicted molar refractivity (Wildman–Crippen MR) is 45.0 cm³/mol. The molecule has 0 radical (unpaired) electrons. The number of rotatable bonds is 1. The zero-order valence-electron chi connectivity index (χ0n) is 6.95. The number of hydrogen-bond acceptors (Lipinski definition) is 2. The maximum atomic E-state index is 8.30. The molecular weight excluding hydrogens is 136 g/mol. The van der Waals surface area contributed by atoms with E-state index in [1.807, 2.05) is 12.1 Å². The molecule has 11 heavy (non-hydrogen) atoms. The SMILES string of the molecule is CN1CCC(C=CC#N)CC1. The normalized spacial score (nSPS) is 22.2. The van der Waals surface area contributed by atoms with E-state index in [0.29, 0.717) is 5.92 Å². The van der Waals surface area contributed by atoms with E-state index in [0.717, 1.165) is 0 Å². The molecule has 2 heteroatoms. The molecule has 1 rings (SSSR count). The van der Waals surface area contributed by atoms with Crippen LogP contribution in [0.3, 0.4) is 0 Å². The summed E-state index contributed by atoms with van der Waals surface area (Å²) in [4.78, 5) is 2.33. The van der Waals surface area contributed by atoms with E-state index in [1.165, 1.54) is 25.9 Å². The van der Waals surface area contributed by atoms with Crippen molar-refractivity contribution in [1.82, 2.24) is 4.90 Å². The van der Waals surface area contributed by atoms with E-state index >= 15 is 0 Å². The lowest BCUT2D eigenvalue weighted by Gasteiger charge is -2.26. The molecule has 0 aromatic rings. The van der Waals surface area contributed by atoms with Gasteiger partial charge in [-0.15, -0.1) is 0 Å². The highest BCUT2D eigenvalue weighted by Crippen LogP contribution is 2.16. The van der Waals surface area contributed by atoms with Crippen molar-refractivity contribution >= 4 is 0 Å². The smallest absolute Gasteiger partial charge is 0.0908 e. The van der Waals surface area contributed by atoms with Crippen LogP contribution in [0.25, 0.3) is 0 Å². The Labute approximate surface area is 68.1 Å². The average molecular weight is 150 g/mol. The Bertz CT molecular complexity index is 170. The van der Waals surface area contributed by atoms with Crippen molar-refractivity contribution in [3.05, 3.63) is 12.2 Å². The fourth-order valence-corrected chi connectivity index (χ4v) is 1.40. The molecule has 0 bridgehead atoms. The second kappa shape index (κ2) is 4.15. The second-order valence-corrected chi connectivity index (χ2v) is 3.13. The Morgan fingerprint density at radius 3 is 2.64 bits per heavy atom. The molecule has 0 spiro atoms.